The van der Waals surface area contributed by atoms with Crippen LogP contribution in [0.3, 0.4) is 0 Å². The summed E-state index contributed by atoms with van der Waals surface area (Å²) in [6.07, 6.45) is 6.43. The number of carbonyl (C=O) groups is 1. The van der Waals surface area contributed by atoms with Crippen LogP contribution in [-0.2, 0) is 17.8 Å². The molecule has 0 amide bonds. The molecule has 0 aromatic heterocycles. The minimum Gasteiger partial charge on any atom is -0.344 e. The molecule has 2 unspecified atom stereocenters. The first-order chi connectivity index (χ1) is 12.7. The summed E-state index contributed by atoms with van der Waals surface area (Å²) in [5.74, 6) is -1.00. The molecule has 1 aliphatic heterocycles. The quantitative estimate of drug-likeness (QED) is 0.434. The molecule has 132 valence electrons. The van der Waals surface area contributed by atoms with E-state index in [-0.39, 0.29) is 10.6 Å². The first-order valence-electron chi connectivity index (χ1n) is 8.50. The summed E-state index contributed by atoms with van der Waals surface area (Å²) in [6.45, 7) is 0.547. The van der Waals surface area contributed by atoms with Crippen LogP contribution in [0.4, 0.5) is 0 Å². The fraction of sp³-hybridized carbons (Fsp3) is 0.190. The summed E-state index contributed by atoms with van der Waals surface area (Å²) in [5, 5.41) is 11.6. The number of hydrogen-bond acceptors (Lipinski definition) is 4. The van der Waals surface area contributed by atoms with E-state index in [0.29, 0.717) is 13.0 Å². The van der Waals surface area contributed by atoms with Gasteiger partial charge >= 0.3 is 0 Å². The maximum atomic E-state index is 11.7. The summed E-state index contributed by atoms with van der Waals surface area (Å²) in [6, 6.07) is 19.3. The van der Waals surface area contributed by atoms with Crippen LogP contribution in [0, 0.1) is 22.0 Å². The SMILES string of the molecule is O=CC(Cc1ccccc1)C1C=CN(Cc2ccccc2)C=C1[N+](=O)[O-]. The van der Waals surface area contributed by atoms with Gasteiger partial charge in [0, 0.05) is 18.7 Å². The van der Waals surface area contributed by atoms with Crippen molar-refractivity contribution in [1.82, 2.24) is 4.90 Å². The number of allylic oxidation sites excluding steroid dienone is 1. The van der Waals surface area contributed by atoms with Crippen LogP contribution in [0.2, 0.25) is 0 Å². The van der Waals surface area contributed by atoms with Crippen LogP contribution in [0.25, 0.3) is 0 Å². The molecule has 2 aromatic carbocycles. The highest BCUT2D eigenvalue weighted by Gasteiger charge is 2.33. The van der Waals surface area contributed by atoms with Crippen molar-refractivity contribution in [3.63, 3.8) is 0 Å². The molecular formula is C21H20N2O3. The van der Waals surface area contributed by atoms with E-state index >= 15 is 0 Å². The van der Waals surface area contributed by atoms with Gasteiger partial charge in [-0.2, -0.15) is 0 Å². The lowest BCUT2D eigenvalue weighted by Crippen LogP contribution is -2.28. The zero-order valence-corrected chi connectivity index (χ0v) is 14.3. The van der Waals surface area contributed by atoms with E-state index in [2.05, 4.69) is 0 Å². The van der Waals surface area contributed by atoms with Crippen molar-refractivity contribution in [3.8, 4) is 0 Å². The Bertz CT molecular complexity index is 816. The molecule has 0 fully saturated rings. The van der Waals surface area contributed by atoms with E-state index in [1.54, 1.807) is 17.2 Å². The van der Waals surface area contributed by atoms with E-state index in [9.17, 15) is 14.9 Å². The molecule has 3 rings (SSSR count). The van der Waals surface area contributed by atoms with Crippen molar-refractivity contribution >= 4 is 6.29 Å². The smallest absolute Gasteiger partial charge is 0.269 e. The average molecular weight is 348 g/mol. The third kappa shape index (κ3) is 4.25. The van der Waals surface area contributed by atoms with Gasteiger partial charge < -0.3 is 9.69 Å². The fourth-order valence-corrected chi connectivity index (χ4v) is 3.17. The Morgan fingerprint density at radius 1 is 1.04 bits per heavy atom. The number of aldehydes is 1. The first kappa shape index (κ1) is 17.6. The lowest BCUT2D eigenvalue weighted by atomic mass is 9.85. The van der Waals surface area contributed by atoms with Crippen LogP contribution in [0.5, 0.6) is 0 Å². The lowest BCUT2D eigenvalue weighted by molar-refractivity contribution is -0.434. The summed E-state index contributed by atoms with van der Waals surface area (Å²) in [7, 11) is 0. The minimum absolute atomic E-state index is 0.0523. The van der Waals surface area contributed by atoms with Gasteiger partial charge in [0.05, 0.1) is 17.0 Å². The standard InChI is InChI=1S/C21H20N2O3/c24-16-19(13-17-7-3-1-4-8-17)20-11-12-22(15-21(20)23(25)26)14-18-9-5-2-6-10-18/h1-12,15-16,19-20H,13-14H2. The Balaban J connectivity index is 1.79. The largest absolute Gasteiger partial charge is 0.344 e. The second-order valence-corrected chi connectivity index (χ2v) is 6.33. The molecule has 1 heterocycles. The van der Waals surface area contributed by atoms with Crippen LogP contribution < -0.4 is 0 Å². The molecule has 0 N–H and O–H groups in total. The van der Waals surface area contributed by atoms with Crippen molar-refractivity contribution in [1.29, 1.82) is 0 Å². The highest BCUT2D eigenvalue weighted by molar-refractivity contribution is 5.56. The van der Waals surface area contributed by atoms with Gasteiger partial charge in [0.2, 0.25) is 0 Å². The molecule has 5 heteroatoms. The van der Waals surface area contributed by atoms with Crippen LogP contribution in [0.15, 0.2) is 84.8 Å². The van der Waals surface area contributed by atoms with E-state index in [1.165, 1.54) is 0 Å². The Kier molecular flexibility index (Phi) is 5.59. The molecular weight excluding hydrogens is 328 g/mol. The lowest BCUT2D eigenvalue weighted by Gasteiger charge is -2.25. The molecule has 0 saturated carbocycles. The van der Waals surface area contributed by atoms with Gasteiger partial charge in [-0.3, -0.25) is 10.1 Å². The molecule has 5 nitrogen and oxygen atoms in total. The van der Waals surface area contributed by atoms with Crippen molar-refractivity contribution in [3.05, 3.63) is 106 Å². The number of rotatable bonds is 7. The molecule has 0 saturated heterocycles. The summed E-state index contributed by atoms with van der Waals surface area (Å²) in [4.78, 5) is 24.7. The summed E-state index contributed by atoms with van der Waals surface area (Å²) >= 11 is 0. The van der Waals surface area contributed by atoms with Crippen molar-refractivity contribution < 1.29 is 9.72 Å². The zero-order valence-electron chi connectivity index (χ0n) is 14.3. The Hall–Kier alpha value is -3.21. The van der Waals surface area contributed by atoms with Gasteiger partial charge in [0.1, 0.15) is 6.29 Å². The van der Waals surface area contributed by atoms with E-state index in [1.807, 2.05) is 66.9 Å². The molecule has 0 radical (unpaired) electrons. The number of benzene rings is 2. The normalized spacial score (nSPS) is 17.5. The summed E-state index contributed by atoms with van der Waals surface area (Å²) in [5.41, 5.74) is 2.11. The van der Waals surface area contributed by atoms with Crippen LogP contribution in [-0.4, -0.2) is 16.1 Å². The zero-order chi connectivity index (χ0) is 18.4. The number of hydrogen-bond donors (Lipinski definition) is 0. The van der Waals surface area contributed by atoms with Gasteiger partial charge in [-0.15, -0.1) is 0 Å². The molecule has 0 spiro atoms. The van der Waals surface area contributed by atoms with E-state index in [4.69, 9.17) is 0 Å². The highest BCUT2D eigenvalue weighted by Crippen LogP contribution is 2.29. The monoisotopic (exact) mass is 348 g/mol. The van der Waals surface area contributed by atoms with Crippen molar-refractivity contribution in [2.75, 3.05) is 0 Å². The van der Waals surface area contributed by atoms with Gasteiger partial charge in [-0.05, 0) is 17.5 Å². The highest BCUT2D eigenvalue weighted by atomic mass is 16.6. The van der Waals surface area contributed by atoms with Gasteiger partial charge in [0.15, 0.2) is 0 Å². The molecule has 26 heavy (non-hydrogen) atoms. The predicted octanol–water partition coefficient (Wildman–Crippen LogP) is 3.81. The summed E-state index contributed by atoms with van der Waals surface area (Å²) < 4.78 is 0. The molecule has 0 bridgehead atoms. The second-order valence-electron chi connectivity index (χ2n) is 6.33. The van der Waals surface area contributed by atoms with Crippen LogP contribution >= 0.6 is 0 Å². The van der Waals surface area contributed by atoms with E-state index < -0.39 is 11.8 Å². The average Bonchev–Trinajstić information content (AvgIpc) is 2.68. The molecule has 2 atom stereocenters. The fourth-order valence-electron chi connectivity index (χ4n) is 3.17. The third-order valence-corrected chi connectivity index (χ3v) is 4.49. The van der Waals surface area contributed by atoms with Gasteiger partial charge in [0.25, 0.3) is 5.70 Å². The molecule has 1 aliphatic rings. The maximum Gasteiger partial charge on any atom is 0.269 e. The van der Waals surface area contributed by atoms with Crippen molar-refractivity contribution in [2.45, 2.75) is 13.0 Å². The Labute approximate surface area is 152 Å². The number of carbonyl (C=O) groups excluding carboxylic acids is 1. The third-order valence-electron chi connectivity index (χ3n) is 4.49. The Morgan fingerprint density at radius 3 is 2.23 bits per heavy atom. The molecule has 0 aliphatic carbocycles. The van der Waals surface area contributed by atoms with Gasteiger partial charge in [-0.1, -0.05) is 66.7 Å². The Morgan fingerprint density at radius 2 is 1.65 bits per heavy atom. The van der Waals surface area contributed by atoms with Crippen LogP contribution in [0.1, 0.15) is 11.1 Å². The topological polar surface area (TPSA) is 63.5 Å². The maximum absolute atomic E-state index is 11.7. The number of nitrogens with zero attached hydrogens (tertiary/aromatic N) is 2. The van der Waals surface area contributed by atoms with Crippen molar-refractivity contribution in [2.24, 2.45) is 11.8 Å². The first-order valence-corrected chi connectivity index (χ1v) is 8.50. The second kappa shape index (κ2) is 8.25. The number of nitro groups is 1. The predicted molar refractivity (Wildman–Crippen MR) is 99.4 cm³/mol. The van der Waals surface area contributed by atoms with E-state index in [0.717, 1.165) is 17.4 Å². The minimum atomic E-state index is -0.533. The van der Waals surface area contributed by atoms with Gasteiger partial charge in [-0.25, -0.2) is 0 Å². The molecule has 2 aromatic rings.